The number of hydrogen-bond acceptors (Lipinski definition) is 3. The van der Waals surface area contributed by atoms with Crippen molar-refractivity contribution < 1.29 is 19.5 Å². The molecule has 2 heterocycles. The molecule has 0 aromatic heterocycles. The molecular weight excluding hydrogens is 226 g/mol. The van der Waals surface area contributed by atoms with Crippen LogP contribution < -0.4 is 10.6 Å². The van der Waals surface area contributed by atoms with Gasteiger partial charge in [0.2, 0.25) is 5.91 Å². The van der Waals surface area contributed by atoms with E-state index in [9.17, 15) is 14.4 Å². The zero-order chi connectivity index (χ0) is 12.4. The number of hydrogen-bond donors (Lipinski definition) is 3. The molecule has 0 aromatic rings. The summed E-state index contributed by atoms with van der Waals surface area (Å²) in [7, 11) is 0. The maximum atomic E-state index is 11.7. The lowest BCUT2D eigenvalue weighted by Gasteiger charge is -2.37. The Bertz CT molecular complexity index is 341. The van der Waals surface area contributed by atoms with Crippen molar-refractivity contribution in [2.75, 3.05) is 19.6 Å². The van der Waals surface area contributed by atoms with Crippen LogP contribution in [0.5, 0.6) is 0 Å². The molecule has 7 heteroatoms. The summed E-state index contributed by atoms with van der Waals surface area (Å²) in [5.41, 5.74) is 0. The van der Waals surface area contributed by atoms with Gasteiger partial charge in [0, 0.05) is 32.1 Å². The maximum absolute atomic E-state index is 11.7. The molecule has 3 amide bonds. The number of urea groups is 1. The molecule has 0 aromatic carbocycles. The summed E-state index contributed by atoms with van der Waals surface area (Å²) in [5, 5.41) is 14.1. The SMILES string of the molecule is O=C1CCC(NC(=O)N2CC(C(=O)O)C2)CN1. The third-order valence-electron chi connectivity index (χ3n) is 3.11. The number of carbonyl (C=O) groups is 3. The van der Waals surface area contributed by atoms with Gasteiger partial charge in [0.05, 0.1) is 5.92 Å². The van der Waals surface area contributed by atoms with Crippen molar-refractivity contribution in [2.24, 2.45) is 5.92 Å². The summed E-state index contributed by atoms with van der Waals surface area (Å²) in [5.74, 6) is -1.30. The zero-order valence-electron chi connectivity index (χ0n) is 9.31. The van der Waals surface area contributed by atoms with Crippen LogP contribution >= 0.6 is 0 Å². The van der Waals surface area contributed by atoms with Gasteiger partial charge < -0.3 is 20.6 Å². The molecule has 17 heavy (non-hydrogen) atoms. The summed E-state index contributed by atoms with van der Waals surface area (Å²) in [6.07, 6.45) is 1.05. The predicted octanol–water partition coefficient (Wildman–Crippen LogP) is -1.01. The van der Waals surface area contributed by atoms with Gasteiger partial charge in [-0.3, -0.25) is 9.59 Å². The van der Waals surface area contributed by atoms with Gasteiger partial charge in [0.15, 0.2) is 0 Å². The molecule has 0 saturated carbocycles. The Morgan fingerprint density at radius 2 is 2.12 bits per heavy atom. The number of aliphatic carboxylic acids is 1. The summed E-state index contributed by atoms with van der Waals surface area (Å²) in [6, 6.07) is -0.298. The van der Waals surface area contributed by atoms with Gasteiger partial charge in [-0.15, -0.1) is 0 Å². The van der Waals surface area contributed by atoms with Crippen molar-refractivity contribution in [2.45, 2.75) is 18.9 Å². The minimum atomic E-state index is -0.862. The number of likely N-dealkylation sites (tertiary alicyclic amines) is 1. The van der Waals surface area contributed by atoms with Crippen LogP contribution in [0.4, 0.5) is 4.79 Å². The van der Waals surface area contributed by atoms with Crippen LogP contribution in [-0.4, -0.2) is 53.6 Å². The van der Waals surface area contributed by atoms with Crippen LogP contribution in [-0.2, 0) is 9.59 Å². The van der Waals surface area contributed by atoms with Gasteiger partial charge in [-0.05, 0) is 6.42 Å². The van der Waals surface area contributed by atoms with Crippen molar-refractivity contribution >= 4 is 17.9 Å². The summed E-state index contributed by atoms with van der Waals surface area (Å²) in [6.45, 7) is 0.973. The standard InChI is InChI=1S/C10H15N3O4/c14-8-2-1-7(3-11-8)12-10(17)13-4-6(5-13)9(15)16/h6-7H,1-5H2,(H,11,14)(H,12,17)(H,15,16). The van der Waals surface area contributed by atoms with Gasteiger partial charge >= 0.3 is 12.0 Å². The van der Waals surface area contributed by atoms with Crippen LogP contribution in [0.2, 0.25) is 0 Å². The topological polar surface area (TPSA) is 98.7 Å². The quantitative estimate of drug-likeness (QED) is 0.577. The first-order chi connectivity index (χ1) is 8.06. The van der Waals surface area contributed by atoms with Crippen LogP contribution in [0.15, 0.2) is 0 Å². The highest BCUT2D eigenvalue weighted by Gasteiger charge is 2.36. The lowest BCUT2D eigenvalue weighted by molar-refractivity contribution is -0.146. The third-order valence-corrected chi connectivity index (χ3v) is 3.11. The molecule has 0 spiro atoms. The second kappa shape index (κ2) is 4.60. The second-order valence-corrected chi connectivity index (χ2v) is 4.43. The normalized spacial score (nSPS) is 24.8. The number of piperidine rings is 1. The van der Waals surface area contributed by atoms with Gasteiger partial charge in [0.25, 0.3) is 0 Å². The maximum Gasteiger partial charge on any atom is 0.317 e. The Hall–Kier alpha value is -1.79. The lowest BCUT2D eigenvalue weighted by Crippen LogP contribution is -2.59. The Morgan fingerprint density at radius 1 is 1.41 bits per heavy atom. The average molecular weight is 241 g/mol. The van der Waals surface area contributed by atoms with E-state index in [1.54, 1.807) is 0 Å². The largest absolute Gasteiger partial charge is 0.481 e. The lowest BCUT2D eigenvalue weighted by atomic mass is 10.0. The third kappa shape index (κ3) is 2.66. The second-order valence-electron chi connectivity index (χ2n) is 4.43. The minimum Gasteiger partial charge on any atom is -0.481 e. The Labute approximate surface area is 98.2 Å². The van der Waals surface area contributed by atoms with Crippen molar-refractivity contribution in [1.82, 2.24) is 15.5 Å². The molecular formula is C10H15N3O4. The van der Waals surface area contributed by atoms with E-state index in [4.69, 9.17) is 5.11 Å². The van der Waals surface area contributed by atoms with E-state index in [1.165, 1.54) is 4.90 Å². The van der Waals surface area contributed by atoms with Crippen LogP contribution in [0.25, 0.3) is 0 Å². The fraction of sp³-hybridized carbons (Fsp3) is 0.700. The molecule has 2 saturated heterocycles. The number of nitrogens with one attached hydrogen (secondary N) is 2. The molecule has 0 bridgehead atoms. The van der Waals surface area contributed by atoms with E-state index in [2.05, 4.69) is 10.6 Å². The molecule has 2 fully saturated rings. The number of amides is 3. The molecule has 2 rings (SSSR count). The number of carboxylic acid groups (broad SMARTS) is 1. The molecule has 7 nitrogen and oxygen atoms in total. The van der Waals surface area contributed by atoms with Crippen molar-refractivity contribution in [3.05, 3.63) is 0 Å². The van der Waals surface area contributed by atoms with Crippen molar-refractivity contribution in [3.8, 4) is 0 Å². The molecule has 2 aliphatic rings. The van der Waals surface area contributed by atoms with Gasteiger partial charge in [-0.25, -0.2) is 4.79 Å². The summed E-state index contributed by atoms with van der Waals surface area (Å²) < 4.78 is 0. The Balaban J connectivity index is 1.72. The monoisotopic (exact) mass is 241 g/mol. The first-order valence-corrected chi connectivity index (χ1v) is 5.61. The number of carbonyl (C=O) groups excluding carboxylic acids is 2. The van der Waals surface area contributed by atoms with E-state index in [-0.39, 0.29) is 31.1 Å². The average Bonchev–Trinajstić information content (AvgIpc) is 2.18. The fourth-order valence-electron chi connectivity index (χ4n) is 1.92. The smallest absolute Gasteiger partial charge is 0.317 e. The zero-order valence-corrected chi connectivity index (χ0v) is 9.31. The van der Waals surface area contributed by atoms with E-state index in [1.807, 2.05) is 0 Å². The van der Waals surface area contributed by atoms with Crippen LogP contribution in [0, 0.1) is 5.92 Å². The van der Waals surface area contributed by atoms with Gasteiger partial charge in [-0.2, -0.15) is 0 Å². The molecule has 3 N–H and O–H groups in total. The first kappa shape index (κ1) is 11.7. The molecule has 0 radical (unpaired) electrons. The van der Waals surface area contributed by atoms with Crippen LogP contribution in [0.3, 0.4) is 0 Å². The van der Waals surface area contributed by atoms with Gasteiger partial charge in [0.1, 0.15) is 0 Å². The molecule has 1 unspecified atom stereocenters. The molecule has 1 atom stereocenters. The molecule has 94 valence electrons. The molecule has 2 aliphatic heterocycles. The predicted molar refractivity (Wildman–Crippen MR) is 57.3 cm³/mol. The highest BCUT2D eigenvalue weighted by atomic mass is 16.4. The van der Waals surface area contributed by atoms with Crippen LogP contribution in [0.1, 0.15) is 12.8 Å². The van der Waals surface area contributed by atoms with E-state index in [0.29, 0.717) is 19.4 Å². The van der Waals surface area contributed by atoms with E-state index >= 15 is 0 Å². The Morgan fingerprint density at radius 3 is 2.65 bits per heavy atom. The van der Waals surface area contributed by atoms with E-state index in [0.717, 1.165) is 0 Å². The fourth-order valence-corrected chi connectivity index (χ4v) is 1.92. The number of nitrogens with zero attached hydrogens (tertiary/aromatic N) is 1. The molecule has 0 aliphatic carbocycles. The number of carboxylic acids is 1. The Kier molecular flexibility index (Phi) is 3.16. The summed E-state index contributed by atoms with van der Waals surface area (Å²) in [4.78, 5) is 34.6. The van der Waals surface area contributed by atoms with Crippen molar-refractivity contribution in [1.29, 1.82) is 0 Å². The minimum absolute atomic E-state index is 0.00499. The van der Waals surface area contributed by atoms with Gasteiger partial charge in [-0.1, -0.05) is 0 Å². The van der Waals surface area contributed by atoms with E-state index < -0.39 is 11.9 Å². The number of rotatable bonds is 2. The van der Waals surface area contributed by atoms with Crippen molar-refractivity contribution in [3.63, 3.8) is 0 Å². The first-order valence-electron chi connectivity index (χ1n) is 5.61. The summed E-state index contributed by atoms with van der Waals surface area (Å²) >= 11 is 0. The highest BCUT2D eigenvalue weighted by Crippen LogP contribution is 2.15. The highest BCUT2D eigenvalue weighted by molar-refractivity contribution is 5.80.